The minimum absolute atomic E-state index is 1.07. The smallest absolute Gasteiger partial charge is 0.0678 e. The van der Waals surface area contributed by atoms with Gasteiger partial charge >= 0.3 is 0 Å². The van der Waals surface area contributed by atoms with E-state index in [1.807, 2.05) is 6.21 Å². The van der Waals surface area contributed by atoms with Gasteiger partial charge in [0.05, 0.1) is 11.4 Å². The lowest BCUT2D eigenvalue weighted by Gasteiger charge is -2.18. The van der Waals surface area contributed by atoms with E-state index in [0.29, 0.717) is 0 Å². The second-order valence-electron chi connectivity index (χ2n) is 3.76. The van der Waals surface area contributed by atoms with Crippen molar-refractivity contribution in [1.29, 1.82) is 0 Å². The molecule has 2 aliphatic heterocycles. The summed E-state index contributed by atoms with van der Waals surface area (Å²) in [6.45, 7) is 1.08. The van der Waals surface area contributed by atoms with Crippen molar-refractivity contribution >= 4 is 33.7 Å². The Morgan fingerprint density at radius 1 is 1.29 bits per heavy atom. The molecule has 0 saturated heterocycles. The number of anilines is 1. The molecule has 0 saturated carbocycles. The molecule has 3 heteroatoms. The summed E-state index contributed by atoms with van der Waals surface area (Å²) in [7, 11) is 0. The van der Waals surface area contributed by atoms with Gasteiger partial charge < -0.3 is 3.93 Å². The number of nitrogens with zero attached hydrogens (tertiary/aromatic N) is 2. The average Bonchev–Trinajstić information content (AvgIpc) is 2.61. The van der Waals surface area contributed by atoms with Crippen molar-refractivity contribution in [3.63, 3.8) is 0 Å². The Bertz CT molecular complexity index is 412. The molecule has 0 unspecified atom stereocenters. The van der Waals surface area contributed by atoms with E-state index in [1.165, 1.54) is 16.8 Å². The number of rotatable bonds is 0. The van der Waals surface area contributed by atoms with Crippen molar-refractivity contribution in [3.05, 3.63) is 23.3 Å². The topological polar surface area (TPSA) is 15.6 Å². The highest BCUT2D eigenvalue weighted by Crippen LogP contribution is 2.40. The van der Waals surface area contributed by atoms with E-state index >= 15 is 0 Å². The van der Waals surface area contributed by atoms with Gasteiger partial charge in [-0.05, 0) is 30.9 Å². The fourth-order valence-electron chi connectivity index (χ4n) is 2.25. The Labute approximate surface area is 92.0 Å². The Balaban J connectivity index is 2.24. The molecule has 1 aromatic rings. The molecule has 1 aromatic carbocycles. The monoisotopic (exact) mass is 250 g/mol. The molecule has 3 rings (SSSR count). The zero-order valence-electron chi connectivity index (χ0n) is 7.83. The highest BCUT2D eigenvalue weighted by molar-refractivity contribution is 9.10. The molecule has 0 N–H and O–H groups in total. The van der Waals surface area contributed by atoms with Crippen LogP contribution in [0.4, 0.5) is 11.4 Å². The average molecular weight is 251 g/mol. The molecule has 2 aliphatic rings. The fourth-order valence-corrected chi connectivity index (χ4v) is 2.87. The van der Waals surface area contributed by atoms with Crippen LogP contribution in [0.25, 0.3) is 0 Å². The third-order valence-corrected chi connectivity index (χ3v) is 3.62. The minimum Gasteiger partial charge on any atom is -0.308 e. The summed E-state index contributed by atoms with van der Waals surface area (Å²) >= 11 is 3.60. The second kappa shape index (κ2) is 3.09. The van der Waals surface area contributed by atoms with E-state index in [2.05, 4.69) is 37.2 Å². The van der Waals surface area contributed by atoms with Gasteiger partial charge in [-0.25, -0.2) is 0 Å². The summed E-state index contributed by atoms with van der Waals surface area (Å²) < 4.78 is 2.18. The lowest BCUT2D eigenvalue weighted by atomic mass is 10.00. The van der Waals surface area contributed by atoms with Crippen LogP contribution >= 0.6 is 16.1 Å². The van der Waals surface area contributed by atoms with Crippen LogP contribution in [0.15, 0.2) is 17.1 Å². The number of aliphatic imine (C=N–C) groups is 1. The molecule has 0 aromatic heterocycles. The highest BCUT2D eigenvalue weighted by atomic mass is 79.9. The van der Waals surface area contributed by atoms with E-state index in [1.54, 1.807) is 0 Å². The minimum atomic E-state index is 1.07. The first kappa shape index (κ1) is 8.48. The quantitative estimate of drug-likeness (QED) is 0.647. The summed E-state index contributed by atoms with van der Waals surface area (Å²) in [6, 6.07) is 4.36. The van der Waals surface area contributed by atoms with Crippen LogP contribution < -0.4 is 3.93 Å². The summed E-state index contributed by atoms with van der Waals surface area (Å²) in [5.41, 5.74) is 5.40. The zero-order valence-corrected chi connectivity index (χ0v) is 9.42. The van der Waals surface area contributed by atoms with E-state index in [9.17, 15) is 0 Å². The Morgan fingerprint density at radius 2 is 2.21 bits per heavy atom. The van der Waals surface area contributed by atoms with Gasteiger partial charge in [0, 0.05) is 34.5 Å². The maximum Gasteiger partial charge on any atom is 0.0678 e. The van der Waals surface area contributed by atoms with Crippen molar-refractivity contribution in [2.45, 2.75) is 19.3 Å². The van der Waals surface area contributed by atoms with E-state index in [-0.39, 0.29) is 0 Å². The van der Waals surface area contributed by atoms with Gasteiger partial charge in [0.25, 0.3) is 0 Å². The molecule has 0 atom stereocenters. The van der Waals surface area contributed by atoms with Crippen LogP contribution in [-0.2, 0) is 12.8 Å². The number of hydrogen-bond acceptors (Lipinski definition) is 2. The Morgan fingerprint density at radius 3 is 3.14 bits per heavy atom. The van der Waals surface area contributed by atoms with Crippen molar-refractivity contribution in [3.8, 4) is 0 Å². The summed E-state index contributed by atoms with van der Waals surface area (Å²) in [4.78, 5) is 4.43. The maximum absolute atomic E-state index is 4.43. The van der Waals surface area contributed by atoms with E-state index in [4.69, 9.17) is 0 Å². The molecule has 0 radical (unpaired) electrons. The first-order valence-corrected chi connectivity index (χ1v) is 5.68. The molecule has 0 fully saturated rings. The van der Waals surface area contributed by atoms with Gasteiger partial charge in [-0.3, -0.25) is 4.99 Å². The van der Waals surface area contributed by atoms with Gasteiger partial charge in [0.2, 0.25) is 0 Å². The Kier molecular flexibility index (Phi) is 1.87. The van der Waals surface area contributed by atoms with E-state index in [0.717, 1.165) is 31.5 Å². The molecule has 14 heavy (non-hydrogen) atoms. The summed E-state index contributed by atoms with van der Waals surface area (Å²) in [5.74, 6) is 0. The van der Waals surface area contributed by atoms with Crippen LogP contribution in [-0.4, -0.2) is 12.8 Å². The lowest BCUT2D eigenvalue weighted by molar-refractivity contribution is 1.02. The number of benzene rings is 1. The van der Waals surface area contributed by atoms with Crippen molar-refractivity contribution in [1.82, 2.24) is 0 Å². The van der Waals surface area contributed by atoms with Crippen molar-refractivity contribution < 1.29 is 0 Å². The molecule has 0 spiro atoms. The third kappa shape index (κ3) is 1.12. The fraction of sp³-hybridized carbons (Fsp3) is 0.364. The molecule has 0 aliphatic carbocycles. The van der Waals surface area contributed by atoms with Gasteiger partial charge in [-0.15, -0.1) is 0 Å². The maximum atomic E-state index is 4.43. The largest absolute Gasteiger partial charge is 0.308 e. The Hall–Kier alpha value is -0.830. The summed E-state index contributed by atoms with van der Waals surface area (Å²) in [6.07, 6.45) is 5.37. The SMILES string of the molecule is BrN1CCc2ccc3c(c21)CCC=N3. The molecule has 2 nitrogen and oxygen atoms in total. The van der Waals surface area contributed by atoms with E-state index < -0.39 is 0 Å². The van der Waals surface area contributed by atoms with Crippen LogP contribution in [0.2, 0.25) is 0 Å². The molecule has 0 bridgehead atoms. The second-order valence-corrected chi connectivity index (χ2v) is 4.61. The molecular formula is C11H11BrN2. The molecule has 72 valence electrons. The number of halogens is 1. The van der Waals surface area contributed by atoms with Crippen LogP contribution in [0.1, 0.15) is 17.5 Å². The van der Waals surface area contributed by atoms with Gasteiger partial charge in [0.1, 0.15) is 0 Å². The van der Waals surface area contributed by atoms with Gasteiger partial charge in [-0.2, -0.15) is 0 Å². The van der Waals surface area contributed by atoms with Crippen molar-refractivity contribution in [2.24, 2.45) is 4.99 Å². The first-order chi connectivity index (χ1) is 6.86. The first-order valence-electron chi connectivity index (χ1n) is 4.97. The molecule has 2 heterocycles. The van der Waals surface area contributed by atoms with Crippen LogP contribution in [0.3, 0.4) is 0 Å². The van der Waals surface area contributed by atoms with Gasteiger partial charge in [-0.1, -0.05) is 6.07 Å². The molecular weight excluding hydrogens is 240 g/mol. The predicted molar refractivity (Wildman–Crippen MR) is 62.9 cm³/mol. The lowest BCUT2D eigenvalue weighted by Crippen LogP contribution is -2.07. The standard InChI is InChI=1S/C11H11BrN2/c12-14-7-5-8-3-4-10-9(11(8)14)2-1-6-13-10/h3-4,6H,1-2,5,7H2. The normalized spacial score (nSPS) is 18.2. The zero-order chi connectivity index (χ0) is 9.54. The predicted octanol–water partition coefficient (Wildman–Crippen LogP) is 3.01. The van der Waals surface area contributed by atoms with Crippen molar-refractivity contribution in [2.75, 3.05) is 10.5 Å². The highest BCUT2D eigenvalue weighted by Gasteiger charge is 2.23. The number of fused-ring (bicyclic) bond motifs is 3. The summed E-state index contributed by atoms with van der Waals surface area (Å²) in [5, 5.41) is 0. The molecule has 0 amide bonds. The van der Waals surface area contributed by atoms with Crippen LogP contribution in [0.5, 0.6) is 0 Å². The third-order valence-electron chi connectivity index (χ3n) is 2.92. The van der Waals surface area contributed by atoms with Gasteiger partial charge in [0.15, 0.2) is 0 Å². The number of hydrogen-bond donors (Lipinski definition) is 0. The van der Waals surface area contributed by atoms with Crippen LogP contribution in [0, 0.1) is 0 Å².